The van der Waals surface area contributed by atoms with Gasteiger partial charge in [-0.15, -0.1) is 13.2 Å². The maximum atomic E-state index is 12.8. The number of ether oxygens (including phenoxy) is 1. The monoisotopic (exact) mass is 501 g/mol. The number of hydrogen-bond acceptors (Lipinski definition) is 6. The van der Waals surface area contributed by atoms with E-state index in [9.17, 15) is 31.7 Å². The molecule has 0 heterocycles. The number of halogens is 5. The second-order valence-corrected chi connectivity index (χ2v) is 9.07. The summed E-state index contributed by atoms with van der Waals surface area (Å²) in [6, 6.07) is 5.48. The highest BCUT2D eigenvalue weighted by Gasteiger charge is 2.35. The molecule has 2 rings (SSSR count). The van der Waals surface area contributed by atoms with E-state index in [-0.39, 0.29) is 16.6 Å². The van der Waals surface area contributed by atoms with Crippen LogP contribution in [-0.4, -0.2) is 45.2 Å². The molecule has 170 valence electrons. The molecule has 0 radical (unpaired) electrons. The van der Waals surface area contributed by atoms with Crippen LogP contribution in [0.2, 0.25) is 10.0 Å². The number of nitro groups is 1. The molecule has 14 heteroatoms. The van der Waals surface area contributed by atoms with Gasteiger partial charge in [-0.25, -0.2) is 13.1 Å². The fourth-order valence-electron chi connectivity index (χ4n) is 2.58. The summed E-state index contributed by atoms with van der Waals surface area (Å²) in [5.41, 5.74) is -0.697. The Kier molecular flexibility index (Phi) is 7.76. The zero-order valence-corrected chi connectivity index (χ0v) is 18.3. The molecule has 0 bridgehead atoms. The lowest BCUT2D eigenvalue weighted by Crippen LogP contribution is -2.35. The zero-order valence-electron chi connectivity index (χ0n) is 16.0. The number of sulfonamides is 1. The quantitative estimate of drug-likeness (QED) is 0.425. The molecule has 1 atom stereocenters. The molecule has 0 aliphatic carbocycles. The van der Waals surface area contributed by atoms with Crippen molar-refractivity contribution in [2.45, 2.75) is 17.3 Å². The minimum atomic E-state index is -5.19. The highest BCUT2D eigenvalue weighted by molar-refractivity contribution is 7.89. The van der Waals surface area contributed by atoms with Gasteiger partial charge >= 0.3 is 12.0 Å². The van der Waals surface area contributed by atoms with Gasteiger partial charge in [0.15, 0.2) is 0 Å². The Hall–Kier alpha value is -2.12. The summed E-state index contributed by atoms with van der Waals surface area (Å²) in [6.45, 7) is 0.175. The van der Waals surface area contributed by atoms with Gasteiger partial charge in [0.25, 0.3) is 0 Å². The van der Waals surface area contributed by atoms with Crippen molar-refractivity contribution in [3.05, 3.63) is 62.1 Å². The third-order valence-corrected chi connectivity index (χ3v) is 6.06. The van der Waals surface area contributed by atoms with Crippen molar-refractivity contribution in [3.8, 4) is 5.75 Å². The first-order valence-electron chi connectivity index (χ1n) is 8.36. The lowest BCUT2D eigenvalue weighted by molar-refractivity contribution is -0.388. The van der Waals surface area contributed by atoms with Gasteiger partial charge in [0, 0.05) is 12.6 Å². The van der Waals surface area contributed by atoms with E-state index in [0.29, 0.717) is 17.7 Å². The van der Waals surface area contributed by atoms with Crippen LogP contribution in [0, 0.1) is 10.1 Å². The van der Waals surface area contributed by atoms with Crippen LogP contribution in [0.3, 0.4) is 0 Å². The van der Waals surface area contributed by atoms with Gasteiger partial charge in [0.05, 0.1) is 25.9 Å². The molecule has 0 aliphatic rings. The van der Waals surface area contributed by atoms with Crippen molar-refractivity contribution in [2.75, 3.05) is 20.6 Å². The lowest BCUT2D eigenvalue weighted by atomic mass is 10.1. The van der Waals surface area contributed by atoms with E-state index in [1.165, 1.54) is 12.1 Å². The third kappa shape index (κ3) is 6.94. The van der Waals surface area contributed by atoms with Gasteiger partial charge in [-0.1, -0.05) is 29.3 Å². The molecule has 0 aliphatic heterocycles. The third-order valence-electron chi connectivity index (χ3n) is 3.85. The molecule has 2 aromatic rings. The minimum Gasteiger partial charge on any atom is -0.398 e. The van der Waals surface area contributed by atoms with E-state index in [0.717, 1.165) is 6.07 Å². The molecule has 2 aromatic carbocycles. The molecular formula is C17H16Cl2F3N3O5S. The van der Waals surface area contributed by atoms with Gasteiger partial charge in [0.1, 0.15) is 0 Å². The summed E-state index contributed by atoms with van der Waals surface area (Å²) in [5, 5.41) is 11.6. The second-order valence-electron chi connectivity index (χ2n) is 6.54. The number of nitro benzene ring substituents is 1. The van der Waals surface area contributed by atoms with E-state index >= 15 is 0 Å². The Morgan fingerprint density at radius 2 is 1.81 bits per heavy atom. The first-order valence-corrected chi connectivity index (χ1v) is 10.6. The molecular weight excluding hydrogens is 486 g/mol. The molecule has 8 nitrogen and oxygen atoms in total. The van der Waals surface area contributed by atoms with Gasteiger partial charge in [-0.05, 0) is 43.9 Å². The topological polar surface area (TPSA) is 102 Å². The summed E-state index contributed by atoms with van der Waals surface area (Å²) in [7, 11) is -1.01. The first-order chi connectivity index (χ1) is 14.2. The maximum absolute atomic E-state index is 12.8. The van der Waals surface area contributed by atoms with Crippen molar-refractivity contribution in [1.29, 1.82) is 0 Å². The van der Waals surface area contributed by atoms with Crippen molar-refractivity contribution in [1.82, 2.24) is 9.62 Å². The van der Waals surface area contributed by atoms with E-state index in [2.05, 4.69) is 9.46 Å². The summed E-state index contributed by atoms with van der Waals surface area (Å²) in [4.78, 5) is 11.0. The van der Waals surface area contributed by atoms with Crippen LogP contribution in [0.5, 0.6) is 5.75 Å². The van der Waals surface area contributed by atoms with E-state index in [1.54, 1.807) is 25.1 Å². The minimum absolute atomic E-state index is 0.175. The van der Waals surface area contributed by atoms with Crippen molar-refractivity contribution >= 4 is 38.9 Å². The molecule has 31 heavy (non-hydrogen) atoms. The standard InChI is InChI=1S/C17H16Cl2F3N3O5S/c1-24(2)9-14(10-3-5-12(18)13(19)7-10)23-31(28,29)11-4-6-16(30-17(20,21)22)15(8-11)25(26)27/h3-8,14,23H,9H2,1-2H3. The Morgan fingerprint density at radius 1 is 1.16 bits per heavy atom. The van der Waals surface area contributed by atoms with Crippen LogP contribution in [0.15, 0.2) is 41.3 Å². The van der Waals surface area contributed by atoms with E-state index < -0.39 is 43.7 Å². The molecule has 0 aromatic heterocycles. The maximum Gasteiger partial charge on any atom is 0.573 e. The van der Waals surface area contributed by atoms with Crippen LogP contribution in [0.25, 0.3) is 0 Å². The number of hydrogen-bond donors (Lipinski definition) is 1. The number of alkyl halides is 3. The Bertz CT molecular complexity index is 1080. The smallest absolute Gasteiger partial charge is 0.398 e. The lowest BCUT2D eigenvalue weighted by Gasteiger charge is -2.23. The fraction of sp³-hybridized carbons (Fsp3) is 0.294. The van der Waals surface area contributed by atoms with Gasteiger partial charge < -0.3 is 9.64 Å². The predicted molar refractivity (Wildman–Crippen MR) is 108 cm³/mol. The van der Waals surface area contributed by atoms with Gasteiger partial charge in [-0.3, -0.25) is 10.1 Å². The summed E-state index contributed by atoms with van der Waals surface area (Å²) in [5.74, 6) is -1.13. The van der Waals surface area contributed by atoms with Gasteiger partial charge in [0.2, 0.25) is 15.8 Å². The van der Waals surface area contributed by atoms with Crippen molar-refractivity contribution < 1.29 is 31.2 Å². The Morgan fingerprint density at radius 3 is 2.32 bits per heavy atom. The van der Waals surface area contributed by atoms with Crippen LogP contribution < -0.4 is 9.46 Å². The molecule has 0 fully saturated rings. The van der Waals surface area contributed by atoms with Crippen LogP contribution in [-0.2, 0) is 10.0 Å². The zero-order chi connectivity index (χ0) is 23.6. The summed E-state index contributed by atoms with van der Waals surface area (Å²) in [6.07, 6.45) is -5.19. The molecule has 0 spiro atoms. The van der Waals surface area contributed by atoms with Crippen LogP contribution in [0.4, 0.5) is 18.9 Å². The largest absolute Gasteiger partial charge is 0.573 e. The van der Waals surface area contributed by atoms with Crippen molar-refractivity contribution in [3.63, 3.8) is 0 Å². The van der Waals surface area contributed by atoms with Crippen LogP contribution in [0.1, 0.15) is 11.6 Å². The average molecular weight is 502 g/mol. The summed E-state index contributed by atoms with van der Waals surface area (Å²) >= 11 is 11.9. The number of nitrogens with one attached hydrogen (secondary N) is 1. The number of rotatable bonds is 8. The number of likely N-dealkylation sites (N-methyl/N-ethyl adjacent to an activating group) is 1. The van der Waals surface area contributed by atoms with Crippen molar-refractivity contribution in [2.24, 2.45) is 0 Å². The molecule has 0 saturated heterocycles. The number of benzene rings is 2. The average Bonchev–Trinajstić information content (AvgIpc) is 2.61. The predicted octanol–water partition coefficient (Wildman–Crippen LogP) is 4.38. The number of nitrogens with zero attached hydrogens (tertiary/aromatic N) is 2. The Balaban J connectivity index is 2.44. The van der Waals surface area contributed by atoms with Crippen LogP contribution >= 0.6 is 23.2 Å². The highest BCUT2D eigenvalue weighted by Crippen LogP contribution is 2.34. The summed E-state index contributed by atoms with van der Waals surface area (Å²) < 4.78 is 69.1. The Labute approximate surface area is 185 Å². The fourth-order valence-corrected chi connectivity index (χ4v) is 4.12. The highest BCUT2D eigenvalue weighted by atomic mass is 35.5. The first kappa shape index (κ1) is 25.1. The SMILES string of the molecule is CN(C)CC(NS(=O)(=O)c1ccc(OC(F)(F)F)c([N+](=O)[O-])c1)c1ccc(Cl)c(Cl)c1. The molecule has 0 saturated carbocycles. The van der Waals surface area contributed by atoms with E-state index in [4.69, 9.17) is 23.2 Å². The van der Waals surface area contributed by atoms with Gasteiger partial charge in [-0.2, -0.15) is 0 Å². The molecule has 0 amide bonds. The molecule has 1 unspecified atom stereocenters. The van der Waals surface area contributed by atoms with E-state index in [1.807, 2.05) is 0 Å². The second kappa shape index (κ2) is 9.57. The molecule has 1 N–H and O–H groups in total. The normalized spacial score (nSPS) is 13.3.